The van der Waals surface area contributed by atoms with Crippen molar-refractivity contribution in [3.63, 3.8) is 0 Å². The second-order valence-corrected chi connectivity index (χ2v) is 7.72. The van der Waals surface area contributed by atoms with Crippen molar-refractivity contribution in [2.75, 3.05) is 11.1 Å². The minimum atomic E-state index is -1.08. The first kappa shape index (κ1) is 22.5. The van der Waals surface area contributed by atoms with Crippen molar-refractivity contribution in [2.24, 2.45) is 5.73 Å². The molecule has 5 N–H and O–H groups in total. The normalized spacial score (nSPS) is 18.1. The lowest BCUT2D eigenvalue weighted by atomic mass is 9.94. The third-order valence-corrected chi connectivity index (χ3v) is 5.29. The van der Waals surface area contributed by atoms with Crippen molar-refractivity contribution in [2.45, 2.75) is 37.8 Å². The van der Waals surface area contributed by atoms with E-state index in [9.17, 15) is 18.0 Å². The number of carbonyl (C=O) groups is 1. The van der Waals surface area contributed by atoms with Crippen LogP contribution in [0.25, 0.3) is 11.3 Å². The number of anilines is 2. The molecule has 2 unspecified atom stereocenters. The minimum Gasteiger partial charge on any atom is -0.473 e. The molecule has 1 aromatic carbocycles. The highest BCUT2D eigenvalue weighted by molar-refractivity contribution is 6.07. The molecule has 8 nitrogen and oxygen atoms in total. The summed E-state index contributed by atoms with van der Waals surface area (Å²) in [7, 11) is 0. The first-order chi connectivity index (χ1) is 15.8. The Balaban J connectivity index is 1.62. The lowest BCUT2D eigenvalue weighted by Gasteiger charge is -2.27. The molecule has 1 fully saturated rings. The Hall–Kier alpha value is -3.73. The predicted molar refractivity (Wildman–Crippen MR) is 115 cm³/mol. The fourth-order valence-electron chi connectivity index (χ4n) is 3.71. The molecule has 172 valence electrons. The number of halogens is 3. The van der Waals surface area contributed by atoms with Gasteiger partial charge in [0, 0.05) is 12.1 Å². The van der Waals surface area contributed by atoms with Crippen molar-refractivity contribution >= 4 is 17.3 Å². The van der Waals surface area contributed by atoms with E-state index in [1.54, 1.807) is 0 Å². The van der Waals surface area contributed by atoms with E-state index in [4.69, 9.17) is 16.2 Å². The molecule has 0 aliphatic heterocycles. The summed E-state index contributed by atoms with van der Waals surface area (Å²) in [5.41, 5.74) is 9.78. The Morgan fingerprint density at radius 3 is 2.64 bits per heavy atom. The number of rotatable bonds is 5. The van der Waals surface area contributed by atoms with Crippen LogP contribution >= 0.6 is 0 Å². The lowest BCUT2D eigenvalue weighted by Crippen LogP contribution is -2.34. The zero-order valence-electron chi connectivity index (χ0n) is 17.4. The zero-order valence-corrected chi connectivity index (χ0v) is 17.4. The van der Waals surface area contributed by atoms with Gasteiger partial charge in [-0.15, -0.1) is 0 Å². The highest BCUT2D eigenvalue weighted by Crippen LogP contribution is 2.30. The smallest absolute Gasteiger partial charge is 0.276 e. The molecule has 1 saturated carbocycles. The third-order valence-electron chi connectivity index (χ3n) is 5.29. The molecule has 1 aliphatic rings. The molecule has 11 heteroatoms. The number of pyridine rings is 1. The Morgan fingerprint density at radius 2 is 1.91 bits per heavy atom. The summed E-state index contributed by atoms with van der Waals surface area (Å²) < 4.78 is 48.7. The SMILES string of the molecule is Nc1cc(F)c(-c2c(F)cccc2F)nc1C(=O)Nc1cncnc1OC1CCCC(N)C1. The van der Waals surface area contributed by atoms with E-state index in [1.807, 2.05) is 0 Å². The van der Waals surface area contributed by atoms with Crippen LogP contribution in [0.5, 0.6) is 5.88 Å². The van der Waals surface area contributed by atoms with E-state index in [-0.39, 0.29) is 29.4 Å². The van der Waals surface area contributed by atoms with Crippen molar-refractivity contribution in [1.29, 1.82) is 0 Å². The van der Waals surface area contributed by atoms with Gasteiger partial charge in [0.05, 0.1) is 17.4 Å². The number of hydrogen-bond acceptors (Lipinski definition) is 7. The fourth-order valence-corrected chi connectivity index (χ4v) is 3.71. The van der Waals surface area contributed by atoms with Crippen LogP contribution in [0.1, 0.15) is 36.2 Å². The van der Waals surface area contributed by atoms with Crippen molar-refractivity contribution in [1.82, 2.24) is 15.0 Å². The van der Waals surface area contributed by atoms with E-state index in [0.29, 0.717) is 6.42 Å². The highest BCUT2D eigenvalue weighted by atomic mass is 19.1. The van der Waals surface area contributed by atoms with E-state index >= 15 is 0 Å². The van der Waals surface area contributed by atoms with Gasteiger partial charge >= 0.3 is 0 Å². The van der Waals surface area contributed by atoms with E-state index < -0.39 is 40.3 Å². The van der Waals surface area contributed by atoms with Gasteiger partial charge in [-0.25, -0.2) is 23.1 Å². The van der Waals surface area contributed by atoms with Gasteiger partial charge < -0.3 is 21.5 Å². The van der Waals surface area contributed by atoms with Gasteiger partial charge in [-0.2, -0.15) is 4.98 Å². The second kappa shape index (κ2) is 9.41. The number of benzene rings is 1. The second-order valence-electron chi connectivity index (χ2n) is 7.72. The van der Waals surface area contributed by atoms with Crippen LogP contribution in [0.2, 0.25) is 0 Å². The van der Waals surface area contributed by atoms with Crippen molar-refractivity contribution in [3.05, 3.63) is 59.9 Å². The van der Waals surface area contributed by atoms with E-state index in [2.05, 4.69) is 20.3 Å². The molecular formula is C22H21F3N6O2. The third kappa shape index (κ3) is 4.87. The highest BCUT2D eigenvalue weighted by Gasteiger charge is 2.25. The number of hydrogen-bond donors (Lipinski definition) is 3. The summed E-state index contributed by atoms with van der Waals surface area (Å²) >= 11 is 0. The number of ether oxygens (including phenoxy) is 1. The molecule has 0 radical (unpaired) electrons. The fraction of sp³-hybridized carbons (Fsp3) is 0.273. The molecule has 2 atom stereocenters. The van der Waals surface area contributed by atoms with Gasteiger partial charge in [0.2, 0.25) is 5.88 Å². The topological polar surface area (TPSA) is 129 Å². The van der Waals surface area contributed by atoms with Crippen molar-refractivity contribution in [3.8, 4) is 17.1 Å². The van der Waals surface area contributed by atoms with Crippen LogP contribution in [0.3, 0.4) is 0 Å². The first-order valence-electron chi connectivity index (χ1n) is 10.3. The van der Waals surface area contributed by atoms with Crippen LogP contribution < -0.4 is 21.5 Å². The summed E-state index contributed by atoms with van der Waals surface area (Å²) in [6.45, 7) is 0. The molecule has 2 aromatic heterocycles. The maximum atomic E-state index is 14.5. The average Bonchev–Trinajstić information content (AvgIpc) is 2.76. The first-order valence-corrected chi connectivity index (χ1v) is 10.3. The lowest BCUT2D eigenvalue weighted by molar-refractivity contribution is 0.102. The Kier molecular flexibility index (Phi) is 6.40. The van der Waals surface area contributed by atoms with Gasteiger partial charge in [-0.05, 0) is 37.8 Å². The Bertz CT molecular complexity index is 1170. The maximum Gasteiger partial charge on any atom is 0.276 e. The molecular weight excluding hydrogens is 437 g/mol. The van der Waals surface area contributed by atoms with Gasteiger partial charge in [0.1, 0.15) is 35.4 Å². The van der Waals surface area contributed by atoms with Crippen LogP contribution in [-0.2, 0) is 0 Å². The largest absolute Gasteiger partial charge is 0.473 e. The minimum absolute atomic E-state index is 0.0176. The number of amides is 1. The van der Waals surface area contributed by atoms with E-state index in [0.717, 1.165) is 43.5 Å². The molecule has 1 amide bonds. The number of nitrogens with two attached hydrogens (primary N) is 2. The van der Waals surface area contributed by atoms with Crippen LogP contribution in [0.15, 0.2) is 36.8 Å². The molecule has 0 saturated heterocycles. The van der Waals surface area contributed by atoms with E-state index in [1.165, 1.54) is 12.5 Å². The maximum absolute atomic E-state index is 14.5. The van der Waals surface area contributed by atoms with Crippen LogP contribution in [-0.4, -0.2) is 33.0 Å². The van der Waals surface area contributed by atoms with Gasteiger partial charge in [-0.1, -0.05) is 6.07 Å². The standard InChI is InChI=1S/C22H21F3N6O2/c23-13-5-2-6-14(24)18(13)19-15(25)8-16(27)20(31-19)21(32)30-17-9-28-10-29-22(17)33-12-4-1-3-11(26)7-12/h2,5-6,8-12H,1,3-4,7,26-27H2,(H,30,32). The quantitative estimate of drug-likeness (QED) is 0.534. The molecule has 3 aromatic rings. The van der Waals surface area contributed by atoms with Crippen LogP contribution in [0.4, 0.5) is 24.5 Å². The Morgan fingerprint density at radius 1 is 1.15 bits per heavy atom. The molecule has 33 heavy (non-hydrogen) atoms. The molecule has 1 aliphatic carbocycles. The van der Waals surface area contributed by atoms with Gasteiger partial charge in [0.15, 0.2) is 11.5 Å². The van der Waals surface area contributed by atoms with Crippen molar-refractivity contribution < 1.29 is 22.7 Å². The summed E-state index contributed by atoms with van der Waals surface area (Å²) in [5, 5.41) is 2.52. The summed E-state index contributed by atoms with van der Waals surface area (Å²) in [6.07, 6.45) is 5.65. The molecule has 4 rings (SSSR count). The number of nitrogens with zero attached hydrogens (tertiary/aromatic N) is 3. The van der Waals surface area contributed by atoms with Crippen LogP contribution in [0, 0.1) is 17.5 Å². The number of nitrogen functional groups attached to an aromatic ring is 1. The summed E-state index contributed by atoms with van der Waals surface area (Å²) in [6, 6.07) is 3.85. The number of aromatic nitrogens is 3. The molecule has 0 spiro atoms. The number of carbonyl (C=O) groups excluding carboxylic acids is 1. The summed E-state index contributed by atoms with van der Waals surface area (Å²) in [4.78, 5) is 24.7. The molecule has 0 bridgehead atoms. The Labute approximate surface area is 187 Å². The monoisotopic (exact) mass is 458 g/mol. The van der Waals surface area contributed by atoms with Gasteiger partial charge in [0.25, 0.3) is 5.91 Å². The molecule has 2 heterocycles. The predicted octanol–water partition coefficient (Wildman–Crippen LogP) is 3.44. The summed E-state index contributed by atoms with van der Waals surface area (Å²) in [5.74, 6) is -3.87. The zero-order chi connectivity index (χ0) is 23.5. The average molecular weight is 458 g/mol. The number of nitrogens with one attached hydrogen (secondary N) is 1. The van der Waals surface area contributed by atoms with Gasteiger partial charge in [-0.3, -0.25) is 4.79 Å².